The Balaban J connectivity index is 0.00000100. The van der Waals surface area contributed by atoms with Crippen molar-refractivity contribution in [3.8, 4) is 0 Å². The minimum atomic E-state index is -3.01. The van der Waals surface area contributed by atoms with Gasteiger partial charge < -0.3 is 15.3 Å². The molecule has 0 saturated carbocycles. The van der Waals surface area contributed by atoms with Gasteiger partial charge in [0.05, 0.1) is 28.4 Å². The second-order valence-electron chi connectivity index (χ2n) is 7.56. The molecule has 0 bridgehead atoms. The molecule has 1 unspecified atom stereocenters. The smallest absolute Gasteiger partial charge is 0.326 e. The van der Waals surface area contributed by atoms with E-state index >= 15 is 0 Å². The maximum atomic E-state index is 13.7. The fraction of sp³-hybridized carbons (Fsp3) is 0.273. The summed E-state index contributed by atoms with van der Waals surface area (Å²) >= 11 is 5.71. The monoisotopic (exact) mass is 517 g/mol. The van der Waals surface area contributed by atoms with Gasteiger partial charge in [-0.15, -0.1) is 0 Å². The summed E-state index contributed by atoms with van der Waals surface area (Å²) in [4.78, 5) is 47.2. The van der Waals surface area contributed by atoms with Crippen LogP contribution in [0.15, 0.2) is 36.4 Å². The minimum Gasteiger partial charge on any atom is -0.481 e. The molecule has 1 aliphatic heterocycles. The molecule has 1 atom stereocenters. The molecule has 1 fully saturated rings. The molecule has 8 nitrogen and oxygen atoms in total. The van der Waals surface area contributed by atoms with Gasteiger partial charge in [0.25, 0.3) is 23.7 Å². The van der Waals surface area contributed by atoms with E-state index < -0.39 is 71.0 Å². The van der Waals surface area contributed by atoms with E-state index in [1.54, 1.807) is 0 Å². The molecule has 0 aromatic heterocycles. The van der Waals surface area contributed by atoms with Crippen molar-refractivity contribution in [3.63, 3.8) is 0 Å². The number of anilines is 1. The second kappa shape index (κ2) is 11.2. The number of carbonyl (C=O) groups excluding carboxylic acids is 3. The normalized spacial score (nSPS) is 16.1. The molecular weight excluding hydrogens is 498 g/mol. The number of carboxylic acids is 1. The van der Waals surface area contributed by atoms with Gasteiger partial charge in [0.2, 0.25) is 0 Å². The van der Waals surface area contributed by atoms with E-state index in [2.05, 4.69) is 5.32 Å². The number of amides is 4. The van der Waals surface area contributed by atoms with Gasteiger partial charge in [-0.1, -0.05) is 23.7 Å². The minimum absolute atomic E-state index is 0.0309. The fourth-order valence-electron chi connectivity index (χ4n) is 3.24. The second-order valence-corrected chi connectivity index (χ2v) is 7.97. The maximum Gasteiger partial charge on any atom is 0.326 e. The van der Waals surface area contributed by atoms with Gasteiger partial charge in [0, 0.05) is 19.4 Å². The van der Waals surface area contributed by atoms with Crippen LogP contribution in [0.4, 0.5) is 28.0 Å². The van der Waals surface area contributed by atoms with Gasteiger partial charge >= 0.3 is 6.03 Å². The third-order valence-electron chi connectivity index (χ3n) is 4.68. The number of likely N-dealkylation sites (tertiary alicyclic amines) is 1. The van der Waals surface area contributed by atoms with E-state index in [9.17, 15) is 31.9 Å². The van der Waals surface area contributed by atoms with Crippen molar-refractivity contribution in [1.29, 1.82) is 0 Å². The molecule has 2 aromatic rings. The quantitative estimate of drug-likeness (QED) is 0.408. The molecule has 1 saturated heterocycles. The number of alkyl halides is 2. The number of para-hydroxylation sites is 1. The third-order valence-corrected chi connectivity index (χ3v) is 4.99. The Labute approximate surface area is 201 Å². The number of nitrogens with one attached hydrogen (secondary N) is 2. The molecule has 35 heavy (non-hydrogen) atoms. The lowest BCUT2D eigenvalue weighted by molar-refractivity contribution is -0.134. The van der Waals surface area contributed by atoms with Gasteiger partial charge in [0.1, 0.15) is 0 Å². The van der Waals surface area contributed by atoms with Crippen LogP contribution in [-0.4, -0.2) is 52.3 Å². The zero-order valence-electron chi connectivity index (χ0n) is 18.4. The van der Waals surface area contributed by atoms with Gasteiger partial charge in [-0.05, 0) is 31.2 Å². The summed E-state index contributed by atoms with van der Waals surface area (Å²) in [6.45, 7) is 1.83. The summed E-state index contributed by atoms with van der Waals surface area (Å²) in [7, 11) is 0. The lowest BCUT2D eigenvalue weighted by atomic mass is 10.1. The predicted octanol–water partition coefficient (Wildman–Crippen LogP) is 4.54. The summed E-state index contributed by atoms with van der Waals surface area (Å²) < 4.78 is 53.8. The van der Waals surface area contributed by atoms with Gasteiger partial charge in [-0.2, -0.15) is 0 Å². The Morgan fingerprint density at radius 2 is 1.66 bits per heavy atom. The predicted molar refractivity (Wildman–Crippen MR) is 118 cm³/mol. The molecule has 4 amide bonds. The van der Waals surface area contributed by atoms with Crippen LogP contribution in [0.3, 0.4) is 0 Å². The van der Waals surface area contributed by atoms with Crippen molar-refractivity contribution in [3.05, 3.63) is 64.2 Å². The average molecular weight is 518 g/mol. The van der Waals surface area contributed by atoms with E-state index in [1.165, 1.54) is 31.2 Å². The van der Waals surface area contributed by atoms with Crippen LogP contribution in [0.5, 0.6) is 0 Å². The number of aliphatic carboxylic acids is 1. The lowest BCUT2D eigenvalue weighted by Crippen LogP contribution is -2.37. The van der Waals surface area contributed by atoms with Crippen molar-refractivity contribution < 1.29 is 41.8 Å². The van der Waals surface area contributed by atoms with Gasteiger partial charge in [0.15, 0.2) is 11.6 Å². The molecule has 3 rings (SSSR count). The number of benzene rings is 2. The van der Waals surface area contributed by atoms with Crippen LogP contribution in [0.2, 0.25) is 5.02 Å². The molecule has 3 N–H and O–H groups in total. The maximum absolute atomic E-state index is 13.7. The highest BCUT2D eigenvalue weighted by Gasteiger charge is 2.45. The number of halogens is 5. The van der Waals surface area contributed by atoms with Crippen LogP contribution < -0.4 is 10.6 Å². The highest BCUT2D eigenvalue weighted by Crippen LogP contribution is 2.33. The number of carboxylic acid groups (broad SMARTS) is 1. The zero-order chi connectivity index (χ0) is 26.5. The number of carbonyl (C=O) groups is 4. The standard InChI is InChI=1S/C20H16ClF4N3O3.C2H4O2/c1-10-8-20(24,25)9-28(10)18(30)11-4-2-3-5-16(11)26-19(31)27-17(29)12-6-14(22)15(23)7-13(12)21;1-2(3)4/h2-7,10H,8-9H2,1H3,(H2,26,27,29,31);1H3,(H,3,4). The molecule has 1 aliphatic rings. The van der Waals surface area contributed by atoms with Crippen molar-refractivity contribution in [2.45, 2.75) is 32.2 Å². The van der Waals surface area contributed by atoms with Crippen LogP contribution >= 0.6 is 11.6 Å². The highest BCUT2D eigenvalue weighted by molar-refractivity contribution is 6.34. The first-order chi connectivity index (χ1) is 16.2. The summed E-state index contributed by atoms with van der Waals surface area (Å²) in [6, 6.07) is 4.99. The van der Waals surface area contributed by atoms with Crippen molar-refractivity contribution in [1.82, 2.24) is 10.2 Å². The summed E-state index contributed by atoms with van der Waals surface area (Å²) in [5.41, 5.74) is -0.565. The number of imide groups is 1. The topological polar surface area (TPSA) is 116 Å². The summed E-state index contributed by atoms with van der Waals surface area (Å²) in [6.07, 6.45) is -0.474. The first-order valence-corrected chi connectivity index (χ1v) is 10.3. The van der Waals surface area contributed by atoms with Crippen LogP contribution in [-0.2, 0) is 4.79 Å². The number of rotatable bonds is 3. The van der Waals surface area contributed by atoms with E-state index in [4.69, 9.17) is 21.5 Å². The third kappa shape index (κ3) is 7.41. The van der Waals surface area contributed by atoms with Crippen molar-refractivity contribution >= 4 is 41.1 Å². The molecule has 0 aliphatic carbocycles. The van der Waals surface area contributed by atoms with E-state index in [1.807, 2.05) is 5.32 Å². The Morgan fingerprint density at radius 1 is 1.09 bits per heavy atom. The van der Waals surface area contributed by atoms with E-state index in [0.29, 0.717) is 12.1 Å². The lowest BCUT2D eigenvalue weighted by Gasteiger charge is -2.22. The first kappa shape index (κ1) is 27.6. The number of hydrogen-bond acceptors (Lipinski definition) is 4. The van der Waals surface area contributed by atoms with Crippen LogP contribution in [0.1, 0.15) is 41.0 Å². The summed E-state index contributed by atoms with van der Waals surface area (Å²) in [5, 5.41) is 11.2. The average Bonchev–Trinajstić information content (AvgIpc) is 3.02. The Hall–Kier alpha value is -3.67. The fourth-order valence-corrected chi connectivity index (χ4v) is 3.47. The molecule has 1 heterocycles. The molecule has 13 heteroatoms. The Bertz CT molecular complexity index is 1160. The zero-order valence-corrected chi connectivity index (χ0v) is 19.1. The van der Waals surface area contributed by atoms with Crippen molar-refractivity contribution in [2.75, 3.05) is 11.9 Å². The van der Waals surface area contributed by atoms with Crippen LogP contribution in [0.25, 0.3) is 0 Å². The molecule has 0 spiro atoms. The number of hydrogen-bond donors (Lipinski definition) is 3. The SMILES string of the molecule is CC(=O)O.CC1CC(F)(F)CN1C(=O)c1ccccc1NC(=O)NC(=O)c1cc(F)c(F)cc1Cl. The van der Waals surface area contributed by atoms with Gasteiger partial charge in [-0.25, -0.2) is 22.4 Å². The summed E-state index contributed by atoms with van der Waals surface area (Å²) in [5.74, 6) is -8.26. The molecule has 2 aromatic carbocycles. The van der Waals surface area contributed by atoms with Gasteiger partial charge in [-0.3, -0.25) is 19.7 Å². The van der Waals surface area contributed by atoms with Crippen molar-refractivity contribution in [2.24, 2.45) is 0 Å². The number of nitrogens with zero attached hydrogens (tertiary/aromatic N) is 1. The highest BCUT2D eigenvalue weighted by atomic mass is 35.5. The van der Waals surface area contributed by atoms with E-state index in [-0.39, 0.29) is 11.3 Å². The Kier molecular flexibility index (Phi) is 8.80. The molecule has 0 radical (unpaired) electrons. The molecular formula is C22H20ClF4N3O5. The number of urea groups is 1. The van der Waals surface area contributed by atoms with E-state index in [0.717, 1.165) is 11.8 Å². The molecule has 188 valence electrons. The Morgan fingerprint density at radius 3 is 2.23 bits per heavy atom. The first-order valence-electron chi connectivity index (χ1n) is 9.96. The largest absolute Gasteiger partial charge is 0.481 e. The van der Waals surface area contributed by atoms with Crippen LogP contribution in [0, 0.1) is 11.6 Å².